The van der Waals surface area contributed by atoms with E-state index in [2.05, 4.69) is 15.4 Å². The van der Waals surface area contributed by atoms with Gasteiger partial charge >= 0.3 is 0 Å². The molecule has 2 aromatic heterocycles. The number of nitrogens with zero attached hydrogens (tertiary/aromatic N) is 3. The molecule has 0 bridgehead atoms. The van der Waals surface area contributed by atoms with Gasteiger partial charge in [-0.2, -0.15) is 5.10 Å². The summed E-state index contributed by atoms with van der Waals surface area (Å²) in [4.78, 5) is 16.6. The molecule has 1 amide bonds. The van der Waals surface area contributed by atoms with Crippen LogP contribution in [0, 0.1) is 11.6 Å². The number of benzene rings is 1. The predicted molar refractivity (Wildman–Crippen MR) is 105 cm³/mol. The average molecular weight is 410 g/mol. The largest absolute Gasteiger partial charge is 0.481 e. The third-order valence-electron chi connectivity index (χ3n) is 5.65. The van der Waals surface area contributed by atoms with Gasteiger partial charge in [-0.05, 0) is 55.0 Å². The van der Waals surface area contributed by atoms with E-state index in [9.17, 15) is 13.6 Å². The molecule has 5 rings (SSSR count). The second kappa shape index (κ2) is 7.19. The van der Waals surface area contributed by atoms with Crippen LogP contribution in [0.2, 0.25) is 0 Å². The number of rotatable bonds is 5. The second-order valence-electron chi connectivity index (χ2n) is 7.75. The van der Waals surface area contributed by atoms with Crippen molar-refractivity contribution in [3.8, 4) is 17.1 Å². The molecule has 1 aromatic carbocycles. The molecule has 0 spiro atoms. The summed E-state index contributed by atoms with van der Waals surface area (Å²) in [5.41, 5.74) is 2.71. The summed E-state index contributed by atoms with van der Waals surface area (Å²) in [5, 5.41) is 7.44. The molecule has 1 N–H and O–H groups in total. The zero-order valence-corrected chi connectivity index (χ0v) is 16.4. The number of aryl methyl sites for hydroxylation is 1. The maximum atomic E-state index is 14.3. The van der Waals surface area contributed by atoms with E-state index in [0.717, 1.165) is 30.3 Å². The van der Waals surface area contributed by atoms with Crippen molar-refractivity contribution in [3.05, 3.63) is 65.0 Å². The Morgan fingerprint density at radius 2 is 2.00 bits per heavy atom. The van der Waals surface area contributed by atoms with Gasteiger partial charge in [0.15, 0.2) is 5.82 Å². The lowest BCUT2D eigenvalue weighted by Gasteiger charge is -2.13. The van der Waals surface area contributed by atoms with Crippen molar-refractivity contribution in [2.24, 2.45) is 0 Å². The van der Waals surface area contributed by atoms with Gasteiger partial charge in [-0.25, -0.2) is 13.8 Å². The molecule has 1 aliphatic carbocycles. The SMILES string of the molecule is COc1cc(-c2cc3n(n2)CCC3NC(=O)c2cc(F)cc(C3CC3)c2)c(F)cn1. The van der Waals surface area contributed by atoms with Gasteiger partial charge in [0.1, 0.15) is 5.82 Å². The van der Waals surface area contributed by atoms with E-state index in [1.807, 2.05) is 0 Å². The fourth-order valence-electron chi connectivity index (χ4n) is 3.93. The summed E-state index contributed by atoms with van der Waals surface area (Å²) in [7, 11) is 1.46. The van der Waals surface area contributed by atoms with Crippen LogP contribution in [0.4, 0.5) is 8.78 Å². The summed E-state index contributed by atoms with van der Waals surface area (Å²) in [6.45, 7) is 0.598. The van der Waals surface area contributed by atoms with Crippen molar-refractivity contribution in [3.63, 3.8) is 0 Å². The van der Waals surface area contributed by atoms with E-state index >= 15 is 0 Å². The molecule has 1 saturated carbocycles. The number of carbonyl (C=O) groups excluding carboxylic acids is 1. The van der Waals surface area contributed by atoms with Gasteiger partial charge in [0.25, 0.3) is 5.91 Å². The summed E-state index contributed by atoms with van der Waals surface area (Å²) in [6.07, 6.45) is 3.83. The third-order valence-corrected chi connectivity index (χ3v) is 5.65. The lowest BCUT2D eigenvalue weighted by Crippen LogP contribution is -2.27. The number of amides is 1. The first-order chi connectivity index (χ1) is 14.5. The van der Waals surface area contributed by atoms with E-state index in [1.165, 1.54) is 25.3 Å². The normalized spacial score (nSPS) is 17.6. The Bertz CT molecular complexity index is 1140. The molecule has 3 aromatic rings. The Kier molecular flexibility index (Phi) is 4.49. The third kappa shape index (κ3) is 3.42. The van der Waals surface area contributed by atoms with Crippen LogP contribution in [0.3, 0.4) is 0 Å². The number of pyridine rings is 1. The molecule has 0 saturated heterocycles. The van der Waals surface area contributed by atoms with Gasteiger partial charge < -0.3 is 10.1 Å². The first-order valence-electron chi connectivity index (χ1n) is 9.91. The molecule has 3 heterocycles. The number of halogens is 2. The summed E-state index contributed by atoms with van der Waals surface area (Å²) in [6, 6.07) is 7.51. The van der Waals surface area contributed by atoms with Gasteiger partial charge in [0.05, 0.1) is 30.7 Å². The summed E-state index contributed by atoms with van der Waals surface area (Å²) < 4.78 is 35.1. The zero-order chi connectivity index (χ0) is 20.8. The molecular weight excluding hydrogens is 390 g/mol. The number of hydrogen-bond acceptors (Lipinski definition) is 4. The molecule has 8 heteroatoms. The molecule has 6 nitrogen and oxygen atoms in total. The number of carbonyl (C=O) groups is 1. The van der Waals surface area contributed by atoms with Crippen molar-refractivity contribution < 1.29 is 18.3 Å². The Morgan fingerprint density at radius 1 is 1.17 bits per heavy atom. The van der Waals surface area contributed by atoms with Gasteiger partial charge in [0.2, 0.25) is 5.88 Å². The van der Waals surface area contributed by atoms with E-state index in [4.69, 9.17) is 4.74 Å². The van der Waals surface area contributed by atoms with Crippen molar-refractivity contribution in [1.82, 2.24) is 20.1 Å². The Labute approximate surface area is 171 Å². The number of methoxy groups -OCH3 is 1. The molecule has 154 valence electrons. The molecule has 0 radical (unpaired) electrons. The van der Waals surface area contributed by atoms with Crippen molar-refractivity contribution in [2.75, 3.05) is 7.11 Å². The van der Waals surface area contributed by atoms with Crippen molar-refractivity contribution in [1.29, 1.82) is 0 Å². The lowest BCUT2D eigenvalue weighted by atomic mass is 10.1. The summed E-state index contributed by atoms with van der Waals surface area (Å²) in [5.74, 6) is -0.572. The van der Waals surface area contributed by atoms with Crippen LogP contribution < -0.4 is 10.1 Å². The minimum absolute atomic E-state index is 0.279. The highest BCUT2D eigenvalue weighted by molar-refractivity contribution is 5.94. The second-order valence-corrected chi connectivity index (χ2v) is 7.75. The fourth-order valence-corrected chi connectivity index (χ4v) is 3.93. The smallest absolute Gasteiger partial charge is 0.251 e. The van der Waals surface area contributed by atoms with Crippen LogP contribution in [-0.2, 0) is 6.54 Å². The Hall–Kier alpha value is -3.29. The van der Waals surface area contributed by atoms with E-state index < -0.39 is 11.6 Å². The standard InChI is InChI=1S/C22H20F2N4O2/c1-30-21-9-16(17(24)11-25-21)19-10-20-18(4-5-28(20)27-19)26-22(29)14-6-13(12-2-3-12)7-15(23)8-14/h6-12,18H,2-5H2,1H3,(H,26,29). The van der Waals surface area contributed by atoms with Gasteiger partial charge in [-0.15, -0.1) is 0 Å². The highest BCUT2D eigenvalue weighted by Gasteiger charge is 2.29. The minimum Gasteiger partial charge on any atom is -0.481 e. The van der Waals surface area contributed by atoms with E-state index in [1.54, 1.807) is 16.8 Å². The summed E-state index contributed by atoms with van der Waals surface area (Å²) >= 11 is 0. The quantitative estimate of drug-likeness (QED) is 0.691. The monoisotopic (exact) mass is 410 g/mol. The van der Waals surface area contributed by atoms with Crippen LogP contribution in [0.5, 0.6) is 5.88 Å². The average Bonchev–Trinajstić information content (AvgIpc) is 3.41. The molecule has 1 aliphatic heterocycles. The molecule has 1 fully saturated rings. The molecular formula is C22H20F2N4O2. The molecule has 1 atom stereocenters. The van der Waals surface area contributed by atoms with Gasteiger partial charge in [-0.3, -0.25) is 9.48 Å². The first kappa shape index (κ1) is 18.7. The lowest BCUT2D eigenvalue weighted by molar-refractivity contribution is 0.0936. The number of fused-ring (bicyclic) bond motifs is 1. The molecule has 2 aliphatic rings. The van der Waals surface area contributed by atoms with E-state index in [-0.39, 0.29) is 17.5 Å². The van der Waals surface area contributed by atoms with Crippen LogP contribution in [0.15, 0.2) is 36.5 Å². The van der Waals surface area contributed by atoms with Gasteiger partial charge in [0, 0.05) is 23.7 Å². The van der Waals surface area contributed by atoms with Crippen molar-refractivity contribution in [2.45, 2.75) is 37.8 Å². The van der Waals surface area contributed by atoms with Crippen molar-refractivity contribution >= 4 is 5.91 Å². The van der Waals surface area contributed by atoms with Crippen LogP contribution in [-0.4, -0.2) is 27.8 Å². The highest BCUT2D eigenvalue weighted by atomic mass is 19.1. The zero-order valence-electron chi connectivity index (χ0n) is 16.4. The number of ether oxygens (including phenoxy) is 1. The first-order valence-corrected chi connectivity index (χ1v) is 9.91. The van der Waals surface area contributed by atoms with E-state index in [0.29, 0.717) is 36.0 Å². The van der Waals surface area contributed by atoms with Crippen LogP contribution in [0.1, 0.15) is 52.8 Å². The Balaban J connectivity index is 1.39. The molecule has 30 heavy (non-hydrogen) atoms. The maximum Gasteiger partial charge on any atom is 0.251 e. The number of hydrogen-bond donors (Lipinski definition) is 1. The molecule has 1 unspecified atom stereocenters. The Morgan fingerprint density at radius 3 is 2.77 bits per heavy atom. The van der Waals surface area contributed by atoms with Crippen LogP contribution >= 0.6 is 0 Å². The highest BCUT2D eigenvalue weighted by Crippen LogP contribution is 2.40. The number of aromatic nitrogens is 3. The predicted octanol–water partition coefficient (Wildman–Crippen LogP) is 3.98. The van der Waals surface area contributed by atoms with Crippen LogP contribution in [0.25, 0.3) is 11.3 Å². The maximum absolute atomic E-state index is 14.3. The fraction of sp³-hybridized carbons (Fsp3) is 0.318. The topological polar surface area (TPSA) is 69.0 Å². The number of nitrogens with one attached hydrogen (secondary N) is 1. The minimum atomic E-state index is -0.500. The van der Waals surface area contributed by atoms with Gasteiger partial charge in [-0.1, -0.05) is 0 Å².